The molecule has 0 fully saturated rings. The second kappa shape index (κ2) is 30.3. The molecule has 2 aromatic carbocycles. The smallest absolute Gasteiger partial charge is 0.127 e. The zero-order valence-electron chi connectivity index (χ0n) is 40.8. The van der Waals surface area contributed by atoms with Crippen LogP contribution in [0.2, 0.25) is 0 Å². The second-order valence-corrected chi connectivity index (χ2v) is 21.6. The molecule has 0 bridgehead atoms. The van der Waals surface area contributed by atoms with Gasteiger partial charge in [-0.3, -0.25) is 0 Å². The summed E-state index contributed by atoms with van der Waals surface area (Å²) in [6, 6.07) is 7.63. The summed E-state index contributed by atoms with van der Waals surface area (Å²) in [4.78, 5) is 0. The van der Waals surface area contributed by atoms with Crippen LogP contribution in [0.3, 0.4) is 0 Å². The van der Waals surface area contributed by atoms with Gasteiger partial charge in [0.05, 0.1) is 0 Å². The molecular weight excluding hydrogens is 705 g/mol. The number of aromatic hydroxyl groups is 2. The first-order valence-corrected chi connectivity index (χ1v) is 25.6. The van der Waals surface area contributed by atoms with Gasteiger partial charge in [0.2, 0.25) is 0 Å². The molecule has 2 rings (SSSR count). The summed E-state index contributed by atoms with van der Waals surface area (Å²) < 4.78 is 0. The molecule has 0 saturated carbocycles. The first-order valence-electron chi connectivity index (χ1n) is 25.6. The predicted molar refractivity (Wildman–Crippen MR) is 259 cm³/mol. The van der Waals surface area contributed by atoms with Crippen LogP contribution in [0.15, 0.2) is 24.3 Å². The summed E-state index contributed by atoms with van der Waals surface area (Å²) in [6.45, 7) is 26.5. The summed E-state index contributed by atoms with van der Waals surface area (Å²) in [6.07, 6.45) is 35.6. The number of fused-ring (bicyclic) bond motifs is 1. The van der Waals surface area contributed by atoms with Gasteiger partial charge in [0, 0.05) is 16.3 Å². The van der Waals surface area contributed by atoms with Crippen molar-refractivity contribution >= 4 is 10.8 Å². The third-order valence-corrected chi connectivity index (χ3v) is 14.7. The lowest BCUT2D eigenvalue weighted by molar-refractivity contribution is 0.353. The van der Waals surface area contributed by atoms with Crippen LogP contribution in [0.4, 0.5) is 0 Å². The molecule has 0 aromatic heterocycles. The standard InChI is InChI=1S/C56H100O2/c1-42(2)22-14-23-43(3)24-15-25-44(4)26-16-27-45(5)28-17-29-46(6)30-18-31-47(7)32-19-33-48(8)34-20-35-49(9)36-21-37-50(10)40-41-52-51(11)55(57)53-38-12-13-39-54(53)56(52)58/h12-13,38-39,42-50,57-58H,14-37,40-41H2,1-11H3. The molecule has 0 aliphatic carbocycles. The van der Waals surface area contributed by atoms with Crippen LogP contribution >= 0.6 is 0 Å². The quantitative estimate of drug-likeness (QED) is 0.0681. The number of hydrogen-bond donors (Lipinski definition) is 2. The normalized spacial score (nSPS) is 16.3. The van der Waals surface area contributed by atoms with E-state index in [1.54, 1.807) is 0 Å². The highest BCUT2D eigenvalue weighted by atomic mass is 16.3. The van der Waals surface area contributed by atoms with Crippen LogP contribution in [0.5, 0.6) is 11.5 Å². The van der Waals surface area contributed by atoms with Crippen LogP contribution in [-0.2, 0) is 6.42 Å². The number of rotatable bonds is 35. The monoisotopic (exact) mass is 805 g/mol. The van der Waals surface area contributed by atoms with Gasteiger partial charge < -0.3 is 10.2 Å². The van der Waals surface area contributed by atoms with Crippen molar-refractivity contribution in [2.24, 2.45) is 53.3 Å². The molecule has 2 aromatic rings. The van der Waals surface area contributed by atoms with Gasteiger partial charge in [-0.15, -0.1) is 0 Å². The Morgan fingerprint density at radius 3 is 0.862 bits per heavy atom. The fraction of sp³-hybridized carbons (Fsp3) is 0.821. The fourth-order valence-corrected chi connectivity index (χ4v) is 10.0. The predicted octanol–water partition coefficient (Wildman–Crippen LogP) is 18.6. The highest BCUT2D eigenvalue weighted by Gasteiger charge is 2.17. The zero-order valence-corrected chi connectivity index (χ0v) is 40.8. The van der Waals surface area contributed by atoms with Gasteiger partial charge >= 0.3 is 0 Å². The Labute approximate surface area is 362 Å². The van der Waals surface area contributed by atoms with E-state index in [-0.39, 0.29) is 0 Å². The molecule has 0 heterocycles. The van der Waals surface area contributed by atoms with Crippen molar-refractivity contribution in [1.82, 2.24) is 0 Å². The second-order valence-electron chi connectivity index (χ2n) is 21.6. The largest absolute Gasteiger partial charge is 0.507 e. The van der Waals surface area contributed by atoms with Gasteiger partial charge in [-0.2, -0.15) is 0 Å². The molecule has 336 valence electrons. The van der Waals surface area contributed by atoms with Crippen molar-refractivity contribution < 1.29 is 10.2 Å². The lowest BCUT2D eigenvalue weighted by Gasteiger charge is -2.18. The average molecular weight is 805 g/mol. The zero-order chi connectivity index (χ0) is 42.9. The minimum absolute atomic E-state index is 0.318. The van der Waals surface area contributed by atoms with E-state index in [1.807, 2.05) is 31.2 Å². The molecule has 0 aliphatic rings. The molecule has 0 aliphatic heterocycles. The Kier molecular flexibility index (Phi) is 27.4. The maximum Gasteiger partial charge on any atom is 0.127 e. The highest BCUT2D eigenvalue weighted by Crippen LogP contribution is 2.40. The summed E-state index contributed by atoms with van der Waals surface area (Å²) in [5, 5.41) is 23.2. The number of hydrogen-bond acceptors (Lipinski definition) is 2. The SMILES string of the molecule is Cc1c(CCC(C)CCCC(C)CCCC(C)CCCC(C)CCCC(C)CCCC(C)CCCC(C)CCCC(C)CCCC(C)C)c(O)c2ccccc2c1O. The van der Waals surface area contributed by atoms with Crippen molar-refractivity contribution in [3.8, 4) is 11.5 Å². The molecule has 2 N–H and O–H groups in total. The van der Waals surface area contributed by atoms with Crippen LogP contribution < -0.4 is 0 Å². The molecular formula is C56H100O2. The summed E-state index contributed by atoms with van der Waals surface area (Å²) in [5.41, 5.74) is 1.75. The van der Waals surface area contributed by atoms with E-state index in [2.05, 4.69) is 69.2 Å². The molecule has 0 radical (unpaired) electrons. The molecule has 2 nitrogen and oxygen atoms in total. The Hall–Kier alpha value is -1.70. The Balaban J connectivity index is 1.42. The van der Waals surface area contributed by atoms with E-state index in [0.29, 0.717) is 17.4 Å². The topological polar surface area (TPSA) is 40.5 Å². The molecule has 58 heavy (non-hydrogen) atoms. The minimum atomic E-state index is 0.318. The number of benzene rings is 2. The average Bonchev–Trinajstić information content (AvgIpc) is 3.17. The Morgan fingerprint density at radius 2 is 0.586 bits per heavy atom. The third-order valence-electron chi connectivity index (χ3n) is 14.7. The van der Waals surface area contributed by atoms with E-state index in [4.69, 9.17) is 0 Å². The van der Waals surface area contributed by atoms with Crippen LogP contribution in [0, 0.1) is 60.2 Å². The highest BCUT2D eigenvalue weighted by molar-refractivity contribution is 5.95. The minimum Gasteiger partial charge on any atom is -0.507 e. The van der Waals surface area contributed by atoms with Crippen molar-refractivity contribution in [2.45, 2.75) is 243 Å². The van der Waals surface area contributed by atoms with Gasteiger partial charge in [0.1, 0.15) is 11.5 Å². The van der Waals surface area contributed by atoms with Gasteiger partial charge in [0.25, 0.3) is 0 Å². The van der Waals surface area contributed by atoms with Gasteiger partial charge in [-0.05, 0) is 78.6 Å². The van der Waals surface area contributed by atoms with E-state index in [0.717, 1.165) is 82.1 Å². The molecule has 8 unspecified atom stereocenters. The first-order chi connectivity index (χ1) is 27.7. The first kappa shape index (κ1) is 52.4. The van der Waals surface area contributed by atoms with Crippen LogP contribution in [0.1, 0.15) is 241 Å². The molecule has 0 spiro atoms. The van der Waals surface area contributed by atoms with Gasteiger partial charge in [0.15, 0.2) is 0 Å². The number of phenols is 2. The van der Waals surface area contributed by atoms with E-state index < -0.39 is 0 Å². The molecule has 8 atom stereocenters. The third kappa shape index (κ3) is 22.8. The maximum atomic E-state index is 10.9. The molecule has 0 amide bonds. The Bertz CT molecular complexity index is 1310. The van der Waals surface area contributed by atoms with E-state index >= 15 is 0 Å². The lowest BCUT2D eigenvalue weighted by atomic mass is 9.88. The van der Waals surface area contributed by atoms with Gasteiger partial charge in [-0.1, -0.05) is 248 Å². The Morgan fingerprint density at radius 1 is 0.345 bits per heavy atom. The maximum absolute atomic E-state index is 10.9. The van der Waals surface area contributed by atoms with Crippen molar-refractivity contribution in [3.63, 3.8) is 0 Å². The van der Waals surface area contributed by atoms with E-state index in [9.17, 15) is 10.2 Å². The summed E-state index contributed by atoms with van der Waals surface area (Å²) >= 11 is 0. The van der Waals surface area contributed by atoms with Crippen LogP contribution in [0.25, 0.3) is 10.8 Å². The van der Waals surface area contributed by atoms with Crippen LogP contribution in [-0.4, -0.2) is 10.2 Å². The molecule has 0 saturated heterocycles. The summed E-state index contributed by atoms with van der Waals surface area (Å²) in [7, 11) is 0. The van der Waals surface area contributed by atoms with Crippen molar-refractivity contribution in [3.05, 3.63) is 35.4 Å². The van der Waals surface area contributed by atoms with Gasteiger partial charge in [-0.25, -0.2) is 0 Å². The lowest BCUT2D eigenvalue weighted by Crippen LogP contribution is -2.03. The van der Waals surface area contributed by atoms with Crippen molar-refractivity contribution in [1.29, 1.82) is 0 Å². The number of phenolic OH excluding ortho intramolecular Hbond substituents is 2. The van der Waals surface area contributed by atoms with E-state index in [1.165, 1.54) is 154 Å². The fourth-order valence-electron chi connectivity index (χ4n) is 10.0. The molecule has 2 heteroatoms. The van der Waals surface area contributed by atoms with Crippen molar-refractivity contribution in [2.75, 3.05) is 0 Å². The summed E-state index contributed by atoms with van der Waals surface area (Å²) in [5.74, 6) is 8.36.